The molecule has 0 saturated heterocycles. The van der Waals surface area contributed by atoms with E-state index in [9.17, 15) is 28.2 Å². The van der Waals surface area contributed by atoms with Crippen molar-refractivity contribution in [2.75, 3.05) is 25.3 Å². The number of ether oxygens (including phenoxy) is 1. The summed E-state index contributed by atoms with van der Waals surface area (Å²) < 4.78 is 33.2. The van der Waals surface area contributed by atoms with Gasteiger partial charge in [0.2, 0.25) is 0 Å². The van der Waals surface area contributed by atoms with Crippen LogP contribution in [0.2, 0.25) is 0 Å². The highest BCUT2D eigenvalue weighted by Crippen LogP contribution is 2.67. The van der Waals surface area contributed by atoms with Gasteiger partial charge in [-0.25, -0.2) is 0 Å². The molecule has 10 heteroatoms. The highest BCUT2D eigenvalue weighted by atomic mass is 35.5. The van der Waals surface area contributed by atoms with Gasteiger partial charge in [0, 0.05) is 16.7 Å². The number of carbonyl (C=O) groups excluding carboxylic acids is 2. The van der Waals surface area contributed by atoms with Gasteiger partial charge < -0.3 is 14.9 Å². The van der Waals surface area contributed by atoms with Gasteiger partial charge in [0.25, 0.3) is 10.1 Å². The molecule has 4 aliphatic rings. The number of hydrogen-bond donors (Lipinski definition) is 2. The van der Waals surface area contributed by atoms with Crippen LogP contribution in [0.3, 0.4) is 0 Å². The Kier molecular flexibility index (Phi) is 6.71. The van der Waals surface area contributed by atoms with Crippen LogP contribution in [0.5, 0.6) is 0 Å². The third kappa shape index (κ3) is 3.92. The lowest BCUT2D eigenvalue weighted by molar-refractivity contribution is -0.192. The first-order valence-electron chi connectivity index (χ1n) is 11.7. The van der Waals surface area contributed by atoms with Gasteiger partial charge in [-0.2, -0.15) is 8.42 Å². The minimum Gasteiger partial charge on any atom is -0.393 e. The predicted molar refractivity (Wildman–Crippen MR) is 125 cm³/mol. The Morgan fingerprint density at radius 2 is 2.00 bits per heavy atom. The van der Waals surface area contributed by atoms with E-state index in [0.717, 1.165) is 18.2 Å². The molecule has 190 valence electrons. The van der Waals surface area contributed by atoms with Gasteiger partial charge in [0.1, 0.15) is 0 Å². The Labute approximate surface area is 205 Å². The van der Waals surface area contributed by atoms with Crippen molar-refractivity contribution < 1.29 is 37.1 Å². The number of Topliss-reactive ketones (excluding diaryl/α,β-unsaturated/α-hetero) is 1. The van der Waals surface area contributed by atoms with Crippen molar-refractivity contribution in [1.29, 1.82) is 0 Å². The van der Waals surface area contributed by atoms with Gasteiger partial charge in [-0.1, -0.05) is 25.5 Å². The van der Waals surface area contributed by atoms with Crippen molar-refractivity contribution in [3.05, 3.63) is 23.8 Å². The number of hydrogen-bond acceptors (Lipinski definition) is 8. The summed E-state index contributed by atoms with van der Waals surface area (Å²) in [6.45, 7) is 3.52. The summed E-state index contributed by atoms with van der Waals surface area (Å²) in [5.74, 6) is -1.33. The molecule has 4 rings (SSSR count). The number of aliphatic hydroxyl groups is 2. The van der Waals surface area contributed by atoms with Gasteiger partial charge in [-0.05, 0) is 49.7 Å². The van der Waals surface area contributed by atoms with Crippen LogP contribution in [0.25, 0.3) is 0 Å². The summed E-state index contributed by atoms with van der Waals surface area (Å²) >= 11 is 5.92. The number of aliphatic hydroxyl groups excluding tert-OH is 1. The van der Waals surface area contributed by atoms with Crippen molar-refractivity contribution in [2.24, 2.45) is 28.6 Å². The first-order chi connectivity index (χ1) is 15.8. The standard InChI is InChI=1S/C24H33ClO8S/c1-22-7-6-15(26)10-14(22)4-5-16-17-11-20(32-8-9-33-34(3,30)31)24(29,19(28)13-25)23(17,2)12-18(27)21(16)22/h6-7,10,16-18,20-21,27,29H,4-5,8-9,11-13H2,1-3H3/t16-,17-,18-,20+,21+,22-,23-,24+/m0/s1. The molecule has 8 atom stereocenters. The van der Waals surface area contributed by atoms with Gasteiger partial charge in [0.05, 0.1) is 37.6 Å². The average Bonchev–Trinajstić information content (AvgIpc) is 2.97. The van der Waals surface area contributed by atoms with Crippen LogP contribution >= 0.6 is 11.6 Å². The predicted octanol–water partition coefficient (Wildman–Crippen LogP) is 1.78. The highest BCUT2D eigenvalue weighted by molar-refractivity contribution is 7.85. The summed E-state index contributed by atoms with van der Waals surface area (Å²) in [6, 6.07) is 0. The summed E-state index contributed by atoms with van der Waals surface area (Å²) in [7, 11) is -3.65. The molecule has 34 heavy (non-hydrogen) atoms. The second-order valence-electron chi connectivity index (χ2n) is 10.7. The van der Waals surface area contributed by atoms with E-state index in [4.69, 9.17) is 20.5 Å². The lowest BCUT2D eigenvalue weighted by Crippen LogP contribution is -2.63. The van der Waals surface area contributed by atoms with Crippen LogP contribution in [-0.2, 0) is 28.6 Å². The fraction of sp³-hybridized carbons (Fsp3) is 0.750. The van der Waals surface area contributed by atoms with Crippen LogP contribution in [0.4, 0.5) is 0 Å². The van der Waals surface area contributed by atoms with E-state index in [-0.39, 0.29) is 43.2 Å². The van der Waals surface area contributed by atoms with Gasteiger partial charge in [-0.3, -0.25) is 13.8 Å². The smallest absolute Gasteiger partial charge is 0.264 e. The Morgan fingerprint density at radius 1 is 1.29 bits per heavy atom. The maximum atomic E-state index is 13.1. The Morgan fingerprint density at radius 3 is 2.65 bits per heavy atom. The minimum absolute atomic E-state index is 0.00993. The van der Waals surface area contributed by atoms with Crippen molar-refractivity contribution >= 4 is 33.3 Å². The van der Waals surface area contributed by atoms with E-state index >= 15 is 0 Å². The SMILES string of the molecule is C[C@]12C=CC(=O)C=C1CC[C@@H]1[C@@H]2[C@@H](O)C[C@@]2(C)[C@H]1C[C@@H](OCCOS(C)(=O)=O)[C@]2(O)C(=O)CCl. The summed E-state index contributed by atoms with van der Waals surface area (Å²) in [4.78, 5) is 25.0. The third-order valence-electron chi connectivity index (χ3n) is 8.94. The maximum absolute atomic E-state index is 13.1. The zero-order valence-electron chi connectivity index (χ0n) is 19.7. The third-order valence-corrected chi connectivity index (χ3v) is 9.77. The number of allylic oxidation sites excluding steroid dienone is 4. The minimum atomic E-state index is -3.65. The molecule has 0 heterocycles. The van der Waals surface area contributed by atoms with Crippen LogP contribution in [-0.4, -0.2) is 73.4 Å². The molecule has 0 aliphatic heterocycles. The molecule has 0 bridgehead atoms. The molecule has 0 radical (unpaired) electrons. The number of fused-ring (bicyclic) bond motifs is 5. The largest absolute Gasteiger partial charge is 0.393 e. The Hall–Kier alpha value is -1.10. The topological polar surface area (TPSA) is 127 Å². The van der Waals surface area contributed by atoms with E-state index < -0.39 is 50.4 Å². The first kappa shape index (κ1) is 26.0. The second-order valence-corrected chi connectivity index (χ2v) is 12.6. The summed E-state index contributed by atoms with van der Waals surface area (Å²) in [5, 5.41) is 23.3. The molecule has 0 aromatic rings. The van der Waals surface area contributed by atoms with E-state index in [1.54, 1.807) is 12.2 Å². The molecule has 0 spiro atoms. The quantitative estimate of drug-likeness (QED) is 0.298. The first-order valence-corrected chi connectivity index (χ1v) is 14.0. The monoisotopic (exact) mass is 516 g/mol. The Balaban J connectivity index is 1.66. The molecule has 0 amide bonds. The molecular formula is C24H33ClO8S. The fourth-order valence-electron chi connectivity index (χ4n) is 7.48. The summed E-state index contributed by atoms with van der Waals surface area (Å²) in [5.41, 5.74) is -2.37. The molecule has 8 nitrogen and oxygen atoms in total. The van der Waals surface area contributed by atoms with E-state index in [2.05, 4.69) is 0 Å². The van der Waals surface area contributed by atoms with Crippen molar-refractivity contribution in [1.82, 2.24) is 0 Å². The normalized spacial score (nSPS) is 43.6. The van der Waals surface area contributed by atoms with Crippen LogP contribution in [0.15, 0.2) is 23.8 Å². The molecule has 0 unspecified atom stereocenters. The summed E-state index contributed by atoms with van der Waals surface area (Å²) in [6.07, 6.45) is 6.33. The van der Waals surface area contributed by atoms with Gasteiger partial charge >= 0.3 is 0 Å². The van der Waals surface area contributed by atoms with Crippen LogP contribution in [0.1, 0.15) is 39.5 Å². The number of carbonyl (C=O) groups is 2. The van der Waals surface area contributed by atoms with Gasteiger partial charge in [0.15, 0.2) is 17.2 Å². The van der Waals surface area contributed by atoms with E-state index in [1.807, 2.05) is 19.9 Å². The zero-order valence-corrected chi connectivity index (χ0v) is 21.3. The molecule has 0 aromatic carbocycles. The van der Waals surface area contributed by atoms with Crippen LogP contribution in [0, 0.1) is 28.6 Å². The molecule has 0 aromatic heterocycles. The molecular weight excluding hydrogens is 484 g/mol. The second kappa shape index (κ2) is 8.78. The molecule has 2 N–H and O–H groups in total. The average molecular weight is 517 g/mol. The molecule has 3 fully saturated rings. The zero-order chi connectivity index (χ0) is 25.1. The number of ketones is 2. The molecule has 4 aliphatic carbocycles. The van der Waals surface area contributed by atoms with Crippen molar-refractivity contribution in [2.45, 2.75) is 57.3 Å². The highest BCUT2D eigenvalue weighted by Gasteiger charge is 2.71. The Bertz CT molecular complexity index is 1040. The number of alkyl halides is 1. The fourth-order valence-corrected chi connectivity index (χ4v) is 8.05. The molecule has 3 saturated carbocycles. The van der Waals surface area contributed by atoms with E-state index in [1.165, 1.54) is 0 Å². The lowest BCUT2D eigenvalue weighted by atomic mass is 9.46. The van der Waals surface area contributed by atoms with Crippen LogP contribution < -0.4 is 0 Å². The van der Waals surface area contributed by atoms with Crippen molar-refractivity contribution in [3.8, 4) is 0 Å². The van der Waals surface area contributed by atoms with Gasteiger partial charge in [-0.15, -0.1) is 11.6 Å². The van der Waals surface area contributed by atoms with E-state index in [0.29, 0.717) is 12.8 Å². The number of rotatable bonds is 7. The number of halogens is 1. The lowest BCUT2D eigenvalue weighted by Gasteiger charge is -2.59. The maximum Gasteiger partial charge on any atom is 0.264 e. The van der Waals surface area contributed by atoms with Crippen molar-refractivity contribution in [3.63, 3.8) is 0 Å².